The van der Waals surface area contributed by atoms with E-state index in [0.29, 0.717) is 18.5 Å². The summed E-state index contributed by atoms with van der Waals surface area (Å²) in [6.07, 6.45) is 5.37. The minimum atomic E-state index is -0.382. The summed E-state index contributed by atoms with van der Waals surface area (Å²) in [7, 11) is 0. The van der Waals surface area contributed by atoms with Gasteiger partial charge in [-0.05, 0) is 69.2 Å². The molecule has 2 heterocycles. The Morgan fingerprint density at radius 2 is 1.82 bits per heavy atom. The number of amides is 2. The highest BCUT2D eigenvalue weighted by Crippen LogP contribution is 2.41. The molecule has 0 atom stereocenters. The van der Waals surface area contributed by atoms with Crippen LogP contribution in [0.25, 0.3) is 11.6 Å². The number of nitrogens with zero attached hydrogens (tertiary/aromatic N) is 2. The first-order chi connectivity index (χ1) is 13.2. The van der Waals surface area contributed by atoms with E-state index in [4.69, 9.17) is 0 Å². The van der Waals surface area contributed by atoms with Gasteiger partial charge in [-0.25, -0.2) is 4.39 Å². The fourth-order valence-corrected chi connectivity index (χ4v) is 4.77. The topological polar surface area (TPSA) is 40.6 Å². The monoisotopic (exact) mass is 402 g/mol. The van der Waals surface area contributed by atoms with Gasteiger partial charge in [0, 0.05) is 29.9 Å². The van der Waals surface area contributed by atoms with Crippen molar-refractivity contribution in [1.82, 2.24) is 4.90 Å². The van der Waals surface area contributed by atoms with Gasteiger partial charge in [0.25, 0.3) is 11.1 Å². The number of fused-ring (bicyclic) bond motifs is 1. The number of anilines is 1. The van der Waals surface area contributed by atoms with E-state index in [9.17, 15) is 14.0 Å². The highest BCUT2D eigenvalue weighted by Gasteiger charge is 2.35. The Morgan fingerprint density at radius 1 is 1.14 bits per heavy atom. The van der Waals surface area contributed by atoms with E-state index < -0.39 is 0 Å². The number of carbonyl (C=O) groups is 2. The number of benzene rings is 1. The number of carbonyl (C=O) groups excluding carboxylic acids is 2. The molecule has 0 spiro atoms. The average Bonchev–Trinajstić information content (AvgIpc) is 2.87. The van der Waals surface area contributed by atoms with Gasteiger partial charge in [-0.1, -0.05) is 19.9 Å². The number of rotatable bonds is 5. The van der Waals surface area contributed by atoms with Gasteiger partial charge in [-0.15, -0.1) is 0 Å². The first kappa shape index (κ1) is 20.6. The van der Waals surface area contributed by atoms with Crippen LogP contribution in [0.4, 0.5) is 14.9 Å². The van der Waals surface area contributed by atoms with Gasteiger partial charge in [0.2, 0.25) is 0 Å². The molecule has 1 aromatic carbocycles. The summed E-state index contributed by atoms with van der Waals surface area (Å²) < 4.78 is 15.0. The van der Waals surface area contributed by atoms with Crippen LogP contribution < -0.4 is 4.90 Å². The van der Waals surface area contributed by atoms with E-state index in [2.05, 4.69) is 31.7 Å². The Kier molecular flexibility index (Phi) is 5.71. The Labute approximate surface area is 170 Å². The molecule has 0 bridgehead atoms. The largest absolute Gasteiger partial charge is 0.362 e. The van der Waals surface area contributed by atoms with Gasteiger partial charge in [0.05, 0.1) is 10.4 Å². The number of allylic oxidation sites excluding steroid dienone is 1. The van der Waals surface area contributed by atoms with Crippen molar-refractivity contribution < 1.29 is 14.0 Å². The van der Waals surface area contributed by atoms with Gasteiger partial charge in [-0.3, -0.25) is 14.5 Å². The summed E-state index contributed by atoms with van der Waals surface area (Å²) in [5, 5.41) is -0.289. The van der Waals surface area contributed by atoms with E-state index in [1.54, 1.807) is 12.1 Å². The maximum Gasteiger partial charge on any atom is 0.293 e. The summed E-state index contributed by atoms with van der Waals surface area (Å²) in [6, 6.07) is 3.35. The van der Waals surface area contributed by atoms with Crippen molar-refractivity contribution in [2.45, 2.75) is 53.0 Å². The van der Waals surface area contributed by atoms with Crippen LogP contribution in [0.5, 0.6) is 0 Å². The minimum Gasteiger partial charge on any atom is -0.362 e. The second kappa shape index (κ2) is 7.74. The van der Waals surface area contributed by atoms with E-state index >= 15 is 0 Å². The van der Waals surface area contributed by atoms with Crippen molar-refractivity contribution in [3.05, 3.63) is 40.1 Å². The third-order valence-electron chi connectivity index (χ3n) is 5.15. The molecular weight excluding hydrogens is 375 g/mol. The molecule has 0 aliphatic carbocycles. The predicted octanol–water partition coefficient (Wildman–Crippen LogP) is 5.68. The van der Waals surface area contributed by atoms with Crippen molar-refractivity contribution in [2.75, 3.05) is 18.0 Å². The molecule has 2 aliphatic rings. The lowest BCUT2D eigenvalue weighted by atomic mass is 9.87. The van der Waals surface area contributed by atoms with Crippen molar-refractivity contribution in [3.8, 4) is 0 Å². The zero-order valence-corrected chi connectivity index (χ0v) is 18.0. The highest BCUT2D eigenvalue weighted by molar-refractivity contribution is 8.18. The van der Waals surface area contributed by atoms with Crippen LogP contribution in [0.3, 0.4) is 0 Å². The molecule has 2 aliphatic heterocycles. The number of halogens is 1. The molecule has 150 valence electrons. The second-order valence-electron chi connectivity index (χ2n) is 7.86. The minimum absolute atomic E-state index is 0.191. The fraction of sp³-hybridized carbons (Fsp3) is 0.455. The van der Waals surface area contributed by atoms with Gasteiger partial charge in [0.15, 0.2) is 0 Å². The van der Waals surface area contributed by atoms with Gasteiger partial charge < -0.3 is 4.90 Å². The molecule has 0 unspecified atom stereocenters. The number of imide groups is 1. The average molecular weight is 403 g/mol. The van der Waals surface area contributed by atoms with Crippen molar-refractivity contribution in [1.29, 1.82) is 0 Å². The summed E-state index contributed by atoms with van der Waals surface area (Å²) in [4.78, 5) is 28.2. The zero-order valence-electron chi connectivity index (χ0n) is 17.1. The van der Waals surface area contributed by atoms with Crippen LogP contribution in [0.15, 0.2) is 23.1 Å². The molecule has 2 amide bonds. The molecule has 0 aromatic heterocycles. The summed E-state index contributed by atoms with van der Waals surface area (Å²) in [6.45, 7) is 11.5. The Bertz CT molecular complexity index is 889. The zero-order chi connectivity index (χ0) is 20.6. The van der Waals surface area contributed by atoms with Crippen LogP contribution in [0.1, 0.15) is 58.6 Å². The van der Waals surface area contributed by atoms with Crippen LogP contribution in [-0.2, 0) is 4.79 Å². The lowest BCUT2D eigenvalue weighted by Gasteiger charge is -2.43. The van der Waals surface area contributed by atoms with Gasteiger partial charge in [-0.2, -0.15) is 0 Å². The van der Waals surface area contributed by atoms with Crippen LogP contribution in [-0.4, -0.2) is 34.7 Å². The van der Waals surface area contributed by atoms with Crippen molar-refractivity contribution >= 4 is 40.2 Å². The Morgan fingerprint density at radius 3 is 2.46 bits per heavy atom. The van der Waals surface area contributed by atoms with E-state index in [1.165, 1.54) is 11.0 Å². The molecular formula is C22H27FN2O2S. The molecule has 0 N–H and O–H groups in total. The maximum atomic E-state index is 15.0. The smallest absolute Gasteiger partial charge is 0.293 e. The Balaban J connectivity index is 2.04. The number of hydrogen-bond donors (Lipinski definition) is 0. The Hall–Kier alpha value is -2.08. The molecule has 1 aromatic rings. The number of hydrogen-bond acceptors (Lipinski definition) is 4. The predicted molar refractivity (Wildman–Crippen MR) is 115 cm³/mol. The molecule has 4 nitrogen and oxygen atoms in total. The van der Waals surface area contributed by atoms with Crippen molar-refractivity contribution in [2.24, 2.45) is 0 Å². The second-order valence-corrected chi connectivity index (χ2v) is 8.85. The molecule has 28 heavy (non-hydrogen) atoms. The summed E-state index contributed by atoms with van der Waals surface area (Å²) in [5.74, 6) is -0.720. The molecule has 6 heteroatoms. The van der Waals surface area contributed by atoms with Crippen LogP contribution in [0, 0.1) is 5.82 Å². The van der Waals surface area contributed by atoms with E-state index in [0.717, 1.165) is 41.6 Å². The van der Waals surface area contributed by atoms with Crippen molar-refractivity contribution in [3.63, 3.8) is 0 Å². The summed E-state index contributed by atoms with van der Waals surface area (Å²) >= 11 is 0.879. The molecule has 1 saturated heterocycles. The standard InChI is InChI=1S/C22H27FN2O2S/c1-6-8-24-20(26)19(28-21(24)27)11-15-10-16-14(3)13-22(4,5)25(9-7-2)18(16)12-17(15)23/h10-13H,6-9H2,1-5H3/b19-11+. The van der Waals surface area contributed by atoms with Crippen LogP contribution >= 0.6 is 11.8 Å². The molecule has 0 saturated carbocycles. The quantitative estimate of drug-likeness (QED) is 0.594. The van der Waals surface area contributed by atoms with E-state index in [1.807, 2.05) is 13.8 Å². The maximum absolute atomic E-state index is 15.0. The van der Waals surface area contributed by atoms with Gasteiger partial charge >= 0.3 is 0 Å². The van der Waals surface area contributed by atoms with E-state index in [-0.39, 0.29) is 27.4 Å². The fourth-order valence-electron chi connectivity index (χ4n) is 3.92. The third-order valence-corrected chi connectivity index (χ3v) is 6.06. The third kappa shape index (κ3) is 3.62. The normalized spacial score (nSPS) is 20.1. The first-order valence-electron chi connectivity index (χ1n) is 9.76. The lowest BCUT2D eigenvalue weighted by Crippen LogP contribution is -2.45. The molecule has 3 rings (SSSR count). The highest BCUT2D eigenvalue weighted by atomic mass is 32.2. The SMILES string of the molecule is CCCN1C(=O)S/C(=C/c2cc3c(cc2F)N(CCC)C(C)(C)C=C3C)C1=O. The molecule has 0 radical (unpaired) electrons. The summed E-state index contributed by atoms with van der Waals surface area (Å²) in [5.41, 5.74) is 3.07. The van der Waals surface area contributed by atoms with Crippen LogP contribution in [0.2, 0.25) is 0 Å². The molecule has 1 fully saturated rings. The number of thioether (sulfide) groups is 1. The van der Waals surface area contributed by atoms with Gasteiger partial charge in [0.1, 0.15) is 5.82 Å². The lowest BCUT2D eigenvalue weighted by molar-refractivity contribution is -0.122. The first-order valence-corrected chi connectivity index (χ1v) is 10.6.